The molecule has 0 aromatic heterocycles. The van der Waals surface area contributed by atoms with Crippen LogP contribution < -0.4 is 0 Å². The lowest BCUT2D eigenvalue weighted by Gasteiger charge is -2.00. The molecule has 0 amide bonds. The zero-order valence-corrected chi connectivity index (χ0v) is 6.02. The van der Waals surface area contributed by atoms with Crippen molar-refractivity contribution < 1.29 is 4.74 Å². The molecule has 9 heavy (non-hydrogen) atoms. The average Bonchev–Trinajstić information content (AvgIpc) is 2.17. The van der Waals surface area contributed by atoms with Gasteiger partial charge in [-0.25, -0.2) is 0 Å². The quantitative estimate of drug-likeness (QED) is 0.551. The molecule has 1 aliphatic rings. The molecule has 0 aromatic rings. The van der Waals surface area contributed by atoms with Crippen LogP contribution in [0.4, 0.5) is 0 Å². The number of hydrogen-bond donors (Lipinski definition) is 0. The maximum atomic E-state index is 5.22. The summed E-state index contributed by atoms with van der Waals surface area (Å²) in [6.45, 7) is 6.88. The third kappa shape index (κ3) is 1.74. The van der Waals surface area contributed by atoms with Crippen molar-refractivity contribution in [1.29, 1.82) is 0 Å². The molecular weight excluding hydrogens is 112 g/mol. The second-order valence-electron chi connectivity index (χ2n) is 2.71. The molecule has 52 valence electrons. The molecule has 0 spiro atoms. The van der Waals surface area contributed by atoms with Gasteiger partial charge in [0.05, 0.1) is 12.4 Å². The van der Waals surface area contributed by atoms with Crippen molar-refractivity contribution in [1.82, 2.24) is 0 Å². The van der Waals surface area contributed by atoms with Crippen molar-refractivity contribution >= 4 is 0 Å². The lowest BCUT2D eigenvalue weighted by atomic mass is 10.0. The first-order valence-corrected chi connectivity index (χ1v) is 3.63. The van der Waals surface area contributed by atoms with Crippen LogP contribution in [0.15, 0.2) is 12.3 Å². The number of ether oxygens (including phenoxy) is 1. The van der Waals surface area contributed by atoms with E-state index in [0.29, 0.717) is 0 Å². The fraction of sp³-hybridized carbons (Fsp3) is 0.750. The van der Waals surface area contributed by atoms with Crippen molar-refractivity contribution in [2.24, 2.45) is 5.92 Å². The van der Waals surface area contributed by atoms with Gasteiger partial charge >= 0.3 is 0 Å². The van der Waals surface area contributed by atoms with Gasteiger partial charge in [-0.1, -0.05) is 19.9 Å². The topological polar surface area (TPSA) is 9.23 Å². The predicted molar refractivity (Wildman–Crippen MR) is 38.1 cm³/mol. The largest absolute Gasteiger partial charge is 0.498 e. The first-order valence-electron chi connectivity index (χ1n) is 3.63. The SMILES string of the molecule is C=C1C[C@@H](CCC)CO1. The Morgan fingerprint density at radius 3 is 3.00 bits per heavy atom. The molecule has 1 rings (SSSR count). The summed E-state index contributed by atoms with van der Waals surface area (Å²) in [5.74, 6) is 1.75. The summed E-state index contributed by atoms with van der Waals surface area (Å²) in [4.78, 5) is 0. The van der Waals surface area contributed by atoms with E-state index in [1.807, 2.05) is 0 Å². The van der Waals surface area contributed by atoms with Crippen LogP contribution >= 0.6 is 0 Å². The Bertz CT molecular complexity index is 107. The van der Waals surface area contributed by atoms with Gasteiger partial charge in [-0.2, -0.15) is 0 Å². The van der Waals surface area contributed by atoms with E-state index in [4.69, 9.17) is 4.74 Å². The van der Waals surface area contributed by atoms with Crippen LogP contribution in [0, 0.1) is 5.92 Å². The molecule has 1 atom stereocenters. The Balaban J connectivity index is 2.22. The summed E-state index contributed by atoms with van der Waals surface area (Å²) in [6, 6.07) is 0. The van der Waals surface area contributed by atoms with Gasteiger partial charge < -0.3 is 4.74 Å². The predicted octanol–water partition coefficient (Wildman–Crippen LogP) is 2.34. The van der Waals surface area contributed by atoms with Gasteiger partial charge in [0.15, 0.2) is 0 Å². The Hall–Kier alpha value is -0.460. The normalized spacial score (nSPS) is 26.3. The molecule has 0 radical (unpaired) electrons. The van der Waals surface area contributed by atoms with E-state index in [-0.39, 0.29) is 0 Å². The first kappa shape index (κ1) is 6.66. The first-order chi connectivity index (χ1) is 4.33. The molecule has 0 aromatic carbocycles. The second-order valence-corrected chi connectivity index (χ2v) is 2.71. The highest BCUT2D eigenvalue weighted by Gasteiger charge is 2.17. The van der Waals surface area contributed by atoms with Crippen LogP contribution in [0.25, 0.3) is 0 Å². The molecule has 0 aliphatic carbocycles. The smallest absolute Gasteiger partial charge is 0.0909 e. The molecule has 1 fully saturated rings. The monoisotopic (exact) mass is 126 g/mol. The van der Waals surface area contributed by atoms with E-state index in [9.17, 15) is 0 Å². The van der Waals surface area contributed by atoms with E-state index in [1.54, 1.807) is 0 Å². The average molecular weight is 126 g/mol. The van der Waals surface area contributed by atoms with E-state index in [1.165, 1.54) is 12.8 Å². The van der Waals surface area contributed by atoms with Crippen molar-refractivity contribution in [2.45, 2.75) is 26.2 Å². The van der Waals surface area contributed by atoms with Gasteiger partial charge in [-0.15, -0.1) is 0 Å². The fourth-order valence-electron chi connectivity index (χ4n) is 1.27. The molecule has 1 aliphatic heterocycles. The van der Waals surface area contributed by atoms with E-state index < -0.39 is 0 Å². The minimum absolute atomic E-state index is 0.766. The highest BCUT2D eigenvalue weighted by atomic mass is 16.5. The lowest BCUT2D eigenvalue weighted by Crippen LogP contribution is -1.96. The maximum absolute atomic E-state index is 5.22. The van der Waals surface area contributed by atoms with Crippen LogP contribution in [0.1, 0.15) is 26.2 Å². The van der Waals surface area contributed by atoms with Crippen LogP contribution in [-0.2, 0) is 4.74 Å². The van der Waals surface area contributed by atoms with Gasteiger partial charge in [0, 0.05) is 6.42 Å². The zero-order chi connectivity index (χ0) is 6.69. The van der Waals surface area contributed by atoms with Crippen LogP contribution in [0.3, 0.4) is 0 Å². The minimum Gasteiger partial charge on any atom is -0.498 e. The highest BCUT2D eigenvalue weighted by Crippen LogP contribution is 2.24. The molecule has 1 heterocycles. The lowest BCUT2D eigenvalue weighted by molar-refractivity contribution is 0.238. The van der Waals surface area contributed by atoms with E-state index in [2.05, 4.69) is 13.5 Å². The van der Waals surface area contributed by atoms with Gasteiger partial charge in [0.25, 0.3) is 0 Å². The van der Waals surface area contributed by atoms with Gasteiger partial charge in [-0.05, 0) is 12.3 Å². The number of hydrogen-bond acceptors (Lipinski definition) is 1. The Labute approximate surface area is 56.7 Å². The molecule has 0 N–H and O–H groups in total. The third-order valence-electron chi connectivity index (χ3n) is 1.74. The summed E-state index contributed by atoms with van der Waals surface area (Å²) < 4.78 is 5.22. The molecule has 0 saturated carbocycles. The van der Waals surface area contributed by atoms with Crippen LogP contribution in [0.5, 0.6) is 0 Å². The van der Waals surface area contributed by atoms with Crippen molar-refractivity contribution in [3.05, 3.63) is 12.3 Å². The summed E-state index contributed by atoms with van der Waals surface area (Å²) in [7, 11) is 0. The second kappa shape index (κ2) is 2.90. The molecular formula is C8H14O. The standard InChI is InChI=1S/C8H14O/c1-3-4-8-5-7(2)9-6-8/h8H,2-6H2,1H3/t8-/m1/s1. The molecule has 0 unspecified atom stereocenters. The zero-order valence-electron chi connectivity index (χ0n) is 6.02. The number of allylic oxidation sites excluding steroid dienone is 1. The highest BCUT2D eigenvalue weighted by molar-refractivity contribution is 4.90. The van der Waals surface area contributed by atoms with Crippen molar-refractivity contribution in [3.63, 3.8) is 0 Å². The van der Waals surface area contributed by atoms with E-state index >= 15 is 0 Å². The Kier molecular flexibility index (Phi) is 2.15. The van der Waals surface area contributed by atoms with Gasteiger partial charge in [0.2, 0.25) is 0 Å². The van der Waals surface area contributed by atoms with Gasteiger partial charge in [-0.3, -0.25) is 0 Å². The summed E-state index contributed by atoms with van der Waals surface area (Å²) in [6.07, 6.45) is 3.65. The molecule has 1 heteroatoms. The third-order valence-corrected chi connectivity index (χ3v) is 1.74. The Morgan fingerprint density at radius 1 is 1.78 bits per heavy atom. The van der Waals surface area contributed by atoms with Crippen molar-refractivity contribution in [2.75, 3.05) is 6.61 Å². The van der Waals surface area contributed by atoms with Crippen LogP contribution in [0.2, 0.25) is 0 Å². The maximum Gasteiger partial charge on any atom is 0.0909 e. The Morgan fingerprint density at radius 2 is 2.56 bits per heavy atom. The summed E-state index contributed by atoms with van der Waals surface area (Å²) >= 11 is 0. The molecule has 1 nitrogen and oxygen atoms in total. The summed E-state index contributed by atoms with van der Waals surface area (Å²) in [5, 5.41) is 0. The molecule has 0 bridgehead atoms. The van der Waals surface area contributed by atoms with E-state index in [0.717, 1.165) is 24.7 Å². The minimum atomic E-state index is 0.766. The fourth-order valence-corrected chi connectivity index (χ4v) is 1.27. The van der Waals surface area contributed by atoms with Gasteiger partial charge in [0.1, 0.15) is 0 Å². The molecule has 1 saturated heterocycles. The van der Waals surface area contributed by atoms with Crippen LogP contribution in [-0.4, -0.2) is 6.61 Å². The summed E-state index contributed by atoms with van der Waals surface area (Å²) in [5.41, 5.74) is 0. The van der Waals surface area contributed by atoms with Crippen molar-refractivity contribution in [3.8, 4) is 0 Å². The number of rotatable bonds is 2.